The van der Waals surface area contributed by atoms with Crippen molar-refractivity contribution in [3.63, 3.8) is 0 Å². The minimum Gasteiger partial charge on any atom is -0.453 e. The first-order valence-corrected chi connectivity index (χ1v) is 19.0. The second-order valence-electron chi connectivity index (χ2n) is 15.3. The smallest absolute Gasteiger partial charge is 0.407 e. The summed E-state index contributed by atoms with van der Waals surface area (Å²) in [7, 11) is 1.29. The molecule has 0 spiro atoms. The van der Waals surface area contributed by atoms with Crippen molar-refractivity contribution in [2.24, 2.45) is 23.7 Å². The van der Waals surface area contributed by atoms with Gasteiger partial charge in [0.05, 0.1) is 49.0 Å². The molecule has 1 unspecified atom stereocenters. The van der Waals surface area contributed by atoms with E-state index in [4.69, 9.17) is 9.72 Å². The number of ether oxygens (including phenoxy) is 1. The van der Waals surface area contributed by atoms with Crippen LogP contribution in [0, 0.1) is 29.5 Å². The van der Waals surface area contributed by atoms with E-state index in [1.807, 2.05) is 24.9 Å². The summed E-state index contributed by atoms with van der Waals surface area (Å²) in [4.78, 5) is 60.8. The number of carbonyl (C=O) groups is 3. The second-order valence-corrected chi connectivity index (χ2v) is 15.3. The number of imidazole rings is 2. The van der Waals surface area contributed by atoms with Crippen LogP contribution in [0.1, 0.15) is 68.7 Å². The fourth-order valence-corrected chi connectivity index (χ4v) is 8.60. The zero-order valence-electron chi connectivity index (χ0n) is 31.1. The number of halogens is 1. The molecular formula is C42H45FN8O4. The summed E-state index contributed by atoms with van der Waals surface area (Å²) in [5, 5.41) is 5.69. The Morgan fingerprint density at radius 1 is 0.855 bits per heavy atom. The standard InChI is InChI=1S/C42H45FN8O4/c1-23(2)37(50-42(54)55-3)41(53)51-16-4-5-34(51)38-45-21-32(48-38)27-10-6-25(7-11-27)26-8-12-28(13-9-26)33-22-46-39(49-33)35-30-14-15-31(30)36(35)40(52)47-19-24-17-29(43)20-44-18-24/h6-13,17-18,20-23,30-31,34-37H,4-5,14-16,19H2,1-3H3,(H,45,48)(H,46,49)(H,47,52)(H,50,54)/t30-,31?,34-,35+,36+,37-/m0/s1. The molecule has 4 N–H and O–H groups in total. The molecule has 2 aliphatic carbocycles. The SMILES string of the molecule is COC(=O)N[C@H](C(=O)N1CCC[C@H]1c1ncc(-c2ccc(-c3ccc(-c4cnc([C@H]5[C@H](C(=O)NCc6cncc(F)c6)C6CC[C@@H]65)[nH]4)cc3)cc2)[nH]1)C(C)C. The van der Waals surface area contributed by atoms with Crippen molar-refractivity contribution in [1.82, 2.24) is 40.5 Å². The molecule has 6 atom stereocenters. The Kier molecular flexibility index (Phi) is 9.93. The highest BCUT2D eigenvalue weighted by atomic mass is 19.1. The van der Waals surface area contributed by atoms with Gasteiger partial charge in [-0.05, 0) is 77.3 Å². The van der Waals surface area contributed by atoms with Gasteiger partial charge in [-0.15, -0.1) is 0 Å². The van der Waals surface area contributed by atoms with Crippen molar-refractivity contribution >= 4 is 17.9 Å². The molecular weight excluding hydrogens is 700 g/mol. The van der Waals surface area contributed by atoms with Crippen LogP contribution in [0.2, 0.25) is 0 Å². The van der Waals surface area contributed by atoms with Gasteiger partial charge in [0, 0.05) is 25.2 Å². The van der Waals surface area contributed by atoms with E-state index in [1.54, 1.807) is 12.4 Å². The van der Waals surface area contributed by atoms with Crippen molar-refractivity contribution < 1.29 is 23.5 Å². The highest BCUT2D eigenvalue weighted by Gasteiger charge is 2.59. The average Bonchev–Trinajstić information content (AvgIpc) is 3.98. The van der Waals surface area contributed by atoms with E-state index in [0.717, 1.165) is 77.2 Å². The van der Waals surface area contributed by atoms with E-state index in [9.17, 15) is 18.8 Å². The lowest BCUT2D eigenvalue weighted by atomic mass is 9.46. The number of carbonyl (C=O) groups excluding carboxylic acids is 3. The molecule has 1 aliphatic heterocycles. The van der Waals surface area contributed by atoms with Crippen molar-refractivity contribution in [3.8, 4) is 33.6 Å². The van der Waals surface area contributed by atoms with Crippen LogP contribution in [0.4, 0.5) is 9.18 Å². The van der Waals surface area contributed by atoms with Crippen molar-refractivity contribution in [3.05, 3.63) is 102 Å². The molecule has 5 aromatic rings. The topological polar surface area (TPSA) is 158 Å². The van der Waals surface area contributed by atoms with Gasteiger partial charge in [-0.25, -0.2) is 19.2 Å². The number of alkyl carbamates (subject to hydrolysis) is 1. The van der Waals surface area contributed by atoms with E-state index < -0.39 is 18.0 Å². The van der Waals surface area contributed by atoms with Gasteiger partial charge in [0.25, 0.3) is 0 Å². The van der Waals surface area contributed by atoms with E-state index in [2.05, 4.69) is 79.1 Å². The molecule has 0 radical (unpaired) electrons. The van der Waals surface area contributed by atoms with Crippen LogP contribution in [-0.4, -0.2) is 67.4 Å². The fraction of sp³-hybridized carbons (Fsp3) is 0.381. The van der Waals surface area contributed by atoms with Gasteiger partial charge in [-0.2, -0.15) is 0 Å². The van der Waals surface area contributed by atoms with Gasteiger partial charge in [-0.3, -0.25) is 14.6 Å². The number of hydrogen-bond acceptors (Lipinski definition) is 7. The first-order valence-electron chi connectivity index (χ1n) is 19.0. The molecule has 0 bridgehead atoms. The van der Waals surface area contributed by atoms with Crippen molar-refractivity contribution in [2.75, 3.05) is 13.7 Å². The number of rotatable bonds is 11. The van der Waals surface area contributed by atoms with Gasteiger partial charge in [0.1, 0.15) is 23.5 Å². The number of amides is 3. The maximum atomic E-state index is 13.6. The molecule has 3 aromatic heterocycles. The fourth-order valence-electron chi connectivity index (χ4n) is 8.60. The van der Waals surface area contributed by atoms with Crippen LogP contribution < -0.4 is 10.6 Å². The molecule has 3 aliphatic rings. The number of fused-ring (bicyclic) bond motifs is 1. The van der Waals surface area contributed by atoms with Gasteiger partial charge >= 0.3 is 6.09 Å². The minimum absolute atomic E-state index is 0.0184. The summed E-state index contributed by atoms with van der Waals surface area (Å²) in [5.74, 6) is 1.58. The molecule has 4 heterocycles. The number of nitrogens with one attached hydrogen (secondary N) is 4. The van der Waals surface area contributed by atoms with Crippen LogP contribution in [0.15, 0.2) is 79.4 Å². The quantitative estimate of drug-likeness (QED) is 0.116. The summed E-state index contributed by atoms with van der Waals surface area (Å²) < 4.78 is 18.3. The Morgan fingerprint density at radius 2 is 1.47 bits per heavy atom. The van der Waals surface area contributed by atoms with Gasteiger partial charge in [-0.1, -0.05) is 62.4 Å². The summed E-state index contributed by atoms with van der Waals surface area (Å²) in [6.07, 6.45) is 9.52. The Bertz CT molecular complexity index is 2180. The summed E-state index contributed by atoms with van der Waals surface area (Å²) >= 11 is 0. The Labute approximate surface area is 318 Å². The van der Waals surface area contributed by atoms with Gasteiger partial charge < -0.3 is 30.2 Å². The monoisotopic (exact) mass is 744 g/mol. The molecule has 3 amide bonds. The van der Waals surface area contributed by atoms with E-state index in [0.29, 0.717) is 23.9 Å². The van der Waals surface area contributed by atoms with Crippen molar-refractivity contribution in [1.29, 1.82) is 0 Å². The maximum absolute atomic E-state index is 13.6. The van der Waals surface area contributed by atoms with E-state index >= 15 is 0 Å². The number of nitrogens with zero attached hydrogens (tertiary/aromatic N) is 4. The molecule has 12 nitrogen and oxygen atoms in total. The second kappa shape index (κ2) is 15.1. The zero-order chi connectivity index (χ0) is 38.2. The molecule has 55 heavy (non-hydrogen) atoms. The highest BCUT2D eigenvalue weighted by Crippen LogP contribution is 2.62. The number of pyridine rings is 1. The predicted octanol–water partition coefficient (Wildman–Crippen LogP) is 6.77. The summed E-state index contributed by atoms with van der Waals surface area (Å²) in [5.41, 5.74) is 6.53. The highest BCUT2D eigenvalue weighted by molar-refractivity contribution is 5.86. The number of hydrogen-bond donors (Lipinski definition) is 4. The lowest BCUT2D eigenvalue weighted by molar-refractivity contribution is -0.145. The third-order valence-corrected chi connectivity index (χ3v) is 11.7. The van der Waals surface area contributed by atoms with Crippen LogP contribution in [0.25, 0.3) is 33.6 Å². The van der Waals surface area contributed by atoms with Crippen LogP contribution >= 0.6 is 0 Å². The normalized spacial score (nSPS) is 22.0. The number of aromatic nitrogens is 5. The van der Waals surface area contributed by atoms with Gasteiger partial charge in [0.2, 0.25) is 11.8 Å². The van der Waals surface area contributed by atoms with E-state index in [-0.39, 0.29) is 42.2 Å². The van der Waals surface area contributed by atoms with Crippen LogP contribution in [0.5, 0.6) is 0 Å². The van der Waals surface area contributed by atoms with Crippen LogP contribution in [0.3, 0.4) is 0 Å². The van der Waals surface area contributed by atoms with E-state index in [1.165, 1.54) is 13.2 Å². The number of likely N-dealkylation sites (tertiary alicyclic amines) is 1. The largest absolute Gasteiger partial charge is 0.453 e. The number of H-pyrrole nitrogens is 2. The third kappa shape index (κ3) is 7.10. The molecule has 8 rings (SSSR count). The van der Waals surface area contributed by atoms with Gasteiger partial charge in [0.15, 0.2) is 0 Å². The maximum Gasteiger partial charge on any atom is 0.407 e. The minimum atomic E-state index is -0.685. The summed E-state index contributed by atoms with van der Waals surface area (Å²) in [6.45, 7) is 4.64. The first-order chi connectivity index (χ1) is 26.7. The molecule has 2 saturated carbocycles. The molecule has 3 fully saturated rings. The average molecular weight is 745 g/mol. The number of methoxy groups -OCH3 is 1. The Balaban J connectivity index is 0.905. The zero-order valence-corrected chi connectivity index (χ0v) is 31.1. The molecule has 13 heteroatoms. The number of aromatic amines is 2. The first kappa shape index (κ1) is 36.1. The van der Waals surface area contributed by atoms with Crippen molar-refractivity contribution in [2.45, 2.75) is 64.1 Å². The molecule has 284 valence electrons. The molecule has 2 aromatic carbocycles. The third-order valence-electron chi connectivity index (χ3n) is 11.7. The lowest BCUT2D eigenvalue weighted by Gasteiger charge is -2.57. The summed E-state index contributed by atoms with van der Waals surface area (Å²) in [6, 6.07) is 17.1. The Morgan fingerprint density at radius 3 is 2.07 bits per heavy atom. The predicted molar refractivity (Wildman–Crippen MR) is 203 cm³/mol. The number of benzene rings is 2. The Hall–Kier alpha value is -5.85. The molecule has 1 saturated heterocycles. The van der Waals surface area contributed by atoms with Crippen LogP contribution in [-0.2, 0) is 20.9 Å². The lowest BCUT2D eigenvalue weighted by Crippen LogP contribution is -2.57.